The number of likely N-dealkylation sites (N-methyl/N-ethyl adjacent to an activating group) is 2. The van der Waals surface area contributed by atoms with E-state index in [9.17, 15) is 4.79 Å². The molecule has 5 heteroatoms. The van der Waals surface area contributed by atoms with Gasteiger partial charge in [-0.25, -0.2) is 0 Å². The molecule has 118 valence electrons. The Hall–Kier alpha value is -0.650. The van der Waals surface area contributed by atoms with E-state index >= 15 is 0 Å². The second-order valence-corrected chi connectivity index (χ2v) is 6.34. The van der Waals surface area contributed by atoms with Gasteiger partial charge in [0.25, 0.3) is 0 Å². The molecule has 3 unspecified atom stereocenters. The van der Waals surface area contributed by atoms with Crippen LogP contribution in [-0.2, 0) is 9.53 Å². The van der Waals surface area contributed by atoms with Gasteiger partial charge in [0, 0.05) is 18.6 Å². The summed E-state index contributed by atoms with van der Waals surface area (Å²) < 4.78 is 4.89. The number of hydrogen-bond donors (Lipinski definition) is 1. The summed E-state index contributed by atoms with van der Waals surface area (Å²) in [5.41, 5.74) is 5.48. The van der Waals surface area contributed by atoms with Gasteiger partial charge in [0.2, 0.25) is 0 Å². The first-order valence-corrected chi connectivity index (χ1v) is 7.61. The van der Waals surface area contributed by atoms with Crippen molar-refractivity contribution in [2.24, 2.45) is 5.73 Å². The lowest BCUT2D eigenvalue weighted by Gasteiger charge is -2.43. The molecule has 0 spiro atoms. The zero-order valence-electron chi connectivity index (χ0n) is 13.7. The van der Waals surface area contributed by atoms with E-state index in [0.29, 0.717) is 18.5 Å². The maximum absolute atomic E-state index is 11.9. The maximum atomic E-state index is 11.9. The number of nitrogens with two attached hydrogens (primary N) is 1. The van der Waals surface area contributed by atoms with E-state index in [4.69, 9.17) is 10.5 Å². The second-order valence-electron chi connectivity index (χ2n) is 6.34. The minimum absolute atomic E-state index is 0.265. The number of rotatable bonds is 6. The summed E-state index contributed by atoms with van der Waals surface area (Å²) >= 11 is 0. The van der Waals surface area contributed by atoms with Gasteiger partial charge in [-0.1, -0.05) is 6.92 Å². The minimum Gasteiger partial charge on any atom is -0.468 e. The number of carbonyl (C=O) groups excluding carboxylic acids is 1. The monoisotopic (exact) mass is 285 g/mol. The first-order chi connectivity index (χ1) is 9.34. The topological polar surface area (TPSA) is 58.8 Å². The molecular formula is C15H31N3O2. The van der Waals surface area contributed by atoms with Gasteiger partial charge in [0.05, 0.1) is 7.11 Å². The summed E-state index contributed by atoms with van der Waals surface area (Å²) in [5.74, 6) is -0.265. The highest BCUT2D eigenvalue weighted by molar-refractivity contribution is 5.80. The van der Waals surface area contributed by atoms with Gasteiger partial charge in [-0.2, -0.15) is 0 Å². The van der Waals surface area contributed by atoms with Crippen LogP contribution < -0.4 is 5.73 Å². The lowest BCUT2D eigenvalue weighted by molar-refractivity contribution is -0.149. The molecule has 3 atom stereocenters. The number of esters is 1. The maximum Gasteiger partial charge on any atom is 0.325 e. The third kappa shape index (κ3) is 4.17. The number of carbonyl (C=O) groups is 1. The zero-order chi connectivity index (χ0) is 15.3. The normalized spacial score (nSPS) is 28.7. The van der Waals surface area contributed by atoms with E-state index in [1.54, 1.807) is 0 Å². The molecule has 1 saturated carbocycles. The fraction of sp³-hybridized carbons (Fsp3) is 0.933. The first kappa shape index (κ1) is 17.4. The Bertz CT molecular complexity index is 322. The fourth-order valence-corrected chi connectivity index (χ4v) is 3.51. The summed E-state index contributed by atoms with van der Waals surface area (Å²) in [6, 6.07) is 0.827. The number of hydrogen-bond acceptors (Lipinski definition) is 5. The Labute approximate surface area is 123 Å². The average molecular weight is 285 g/mol. The van der Waals surface area contributed by atoms with Crippen molar-refractivity contribution in [3.8, 4) is 0 Å². The van der Waals surface area contributed by atoms with Crippen LogP contribution in [0.3, 0.4) is 0 Å². The zero-order valence-corrected chi connectivity index (χ0v) is 13.7. The van der Waals surface area contributed by atoms with E-state index in [1.165, 1.54) is 7.11 Å². The molecule has 1 rings (SSSR count). The van der Waals surface area contributed by atoms with Crippen LogP contribution in [0.2, 0.25) is 0 Å². The molecule has 0 saturated heterocycles. The van der Waals surface area contributed by atoms with Gasteiger partial charge in [-0.05, 0) is 53.2 Å². The molecule has 0 heterocycles. The molecule has 1 aliphatic rings. The number of nitrogens with zero attached hydrogens (tertiary/aromatic N) is 2. The molecule has 5 nitrogen and oxygen atoms in total. The third-order valence-electron chi connectivity index (χ3n) is 4.38. The lowest BCUT2D eigenvalue weighted by atomic mass is 9.78. The standard InChI is InChI=1S/C15H31N3O2/c1-6-18(12(2)11-17(3)4)13-8-7-9-15(16,10-13)14(19)20-5/h12-13H,6-11,16H2,1-5H3. The van der Waals surface area contributed by atoms with Crippen LogP contribution in [0, 0.1) is 0 Å². The summed E-state index contributed by atoms with van der Waals surface area (Å²) in [6.45, 7) is 6.42. The molecule has 0 aromatic carbocycles. The quantitative estimate of drug-likeness (QED) is 0.740. The Morgan fingerprint density at radius 2 is 2.15 bits per heavy atom. The van der Waals surface area contributed by atoms with Gasteiger partial charge in [-0.3, -0.25) is 9.69 Å². The van der Waals surface area contributed by atoms with Crippen molar-refractivity contribution in [3.63, 3.8) is 0 Å². The predicted octanol–water partition coefficient (Wildman–Crippen LogP) is 1.07. The first-order valence-electron chi connectivity index (χ1n) is 7.61. The van der Waals surface area contributed by atoms with E-state index in [1.807, 2.05) is 0 Å². The smallest absolute Gasteiger partial charge is 0.325 e. The van der Waals surface area contributed by atoms with Crippen molar-refractivity contribution >= 4 is 5.97 Å². The van der Waals surface area contributed by atoms with Crippen LogP contribution in [0.1, 0.15) is 39.5 Å². The highest BCUT2D eigenvalue weighted by Crippen LogP contribution is 2.31. The predicted molar refractivity (Wildman–Crippen MR) is 81.6 cm³/mol. The molecule has 0 amide bonds. The van der Waals surface area contributed by atoms with Crippen molar-refractivity contribution in [1.29, 1.82) is 0 Å². The van der Waals surface area contributed by atoms with E-state index in [0.717, 1.165) is 32.4 Å². The number of ether oxygens (including phenoxy) is 1. The largest absolute Gasteiger partial charge is 0.468 e. The SMILES string of the molecule is CCN(C(C)CN(C)C)C1CCCC(N)(C(=O)OC)C1. The van der Waals surface area contributed by atoms with Crippen molar-refractivity contribution in [1.82, 2.24) is 9.80 Å². The molecule has 2 N–H and O–H groups in total. The number of methoxy groups -OCH3 is 1. The summed E-state index contributed by atoms with van der Waals surface area (Å²) in [4.78, 5) is 16.6. The van der Waals surface area contributed by atoms with Crippen LogP contribution in [0.4, 0.5) is 0 Å². The van der Waals surface area contributed by atoms with Crippen LogP contribution in [0.15, 0.2) is 0 Å². The van der Waals surface area contributed by atoms with E-state index in [-0.39, 0.29) is 5.97 Å². The highest BCUT2D eigenvalue weighted by Gasteiger charge is 2.42. The highest BCUT2D eigenvalue weighted by atomic mass is 16.5. The minimum atomic E-state index is -0.803. The van der Waals surface area contributed by atoms with Crippen molar-refractivity contribution in [2.45, 2.75) is 57.2 Å². The fourth-order valence-electron chi connectivity index (χ4n) is 3.51. The van der Waals surface area contributed by atoms with E-state index < -0.39 is 5.54 Å². The molecule has 20 heavy (non-hydrogen) atoms. The van der Waals surface area contributed by atoms with Crippen LogP contribution >= 0.6 is 0 Å². The average Bonchev–Trinajstić information content (AvgIpc) is 2.37. The molecule has 1 fully saturated rings. The third-order valence-corrected chi connectivity index (χ3v) is 4.38. The molecule has 0 aliphatic heterocycles. The van der Waals surface area contributed by atoms with Gasteiger partial charge in [0.15, 0.2) is 0 Å². The molecule has 0 aromatic heterocycles. The van der Waals surface area contributed by atoms with Gasteiger partial charge < -0.3 is 15.4 Å². The van der Waals surface area contributed by atoms with Gasteiger partial charge in [-0.15, -0.1) is 0 Å². The van der Waals surface area contributed by atoms with Gasteiger partial charge >= 0.3 is 5.97 Å². The Morgan fingerprint density at radius 3 is 2.65 bits per heavy atom. The summed E-state index contributed by atoms with van der Waals surface area (Å²) in [7, 11) is 5.60. The lowest BCUT2D eigenvalue weighted by Crippen LogP contribution is -2.58. The van der Waals surface area contributed by atoms with E-state index in [2.05, 4.69) is 37.7 Å². The van der Waals surface area contributed by atoms with Gasteiger partial charge in [0.1, 0.15) is 5.54 Å². The van der Waals surface area contributed by atoms with Crippen LogP contribution in [0.25, 0.3) is 0 Å². The molecule has 0 radical (unpaired) electrons. The Morgan fingerprint density at radius 1 is 1.50 bits per heavy atom. The molecular weight excluding hydrogens is 254 g/mol. The molecule has 0 bridgehead atoms. The Balaban J connectivity index is 2.75. The van der Waals surface area contributed by atoms with Crippen molar-refractivity contribution < 1.29 is 9.53 Å². The second kappa shape index (κ2) is 7.38. The van der Waals surface area contributed by atoms with Crippen LogP contribution in [0.5, 0.6) is 0 Å². The summed E-state index contributed by atoms with van der Waals surface area (Å²) in [5, 5.41) is 0. The molecule has 1 aliphatic carbocycles. The van der Waals surface area contributed by atoms with Crippen molar-refractivity contribution in [2.75, 3.05) is 34.3 Å². The van der Waals surface area contributed by atoms with Crippen LogP contribution in [-0.4, -0.2) is 67.7 Å². The molecule has 0 aromatic rings. The van der Waals surface area contributed by atoms with Crippen molar-refractivity contribution in [3.05, 3.63) is 0 Å². The summed E-state index contributed by atoms with van der Waals surface area (Å²) in [6.07, 6.45) is 3.53. The Kier molecular flexibility index (Phi) is 6.43.